The van der Waals surface area contributed by atoms with Crippen LogP contribution in [-0.4, -0.2) is 58.3 Å². The average Bonchev–Trinajstić information content (AvgIpc) is 2.59. The first-order valence-electron chi connectivity index (χ1n) is 5.15. The molecule has 0 aromatic carbocycles. The molecule has 1 rings (SSSR count). The fourth-order valence-corrected chi connectivity index (χ4v) is 1.67. The highest BCUT2D eigenvalue weighted by Crippen LogP contribution is 2.17. The highest BCUT2D eigenvalue weighted by Gasteiger charge is 2.38. The van der Waals surface area contributed by atoms with Gasteiger partial charge >= 0.3 is 12.0 Å². The number of nitrogens with one attached hydrogen (secondary N) is 1. The van der Waals surface area contributed by atoms with Crippen molar-refractivity contribution in [3.63, 3.8) is 0 Å². The minimum Gasteiger partial charge on any atom is -0.480 e. The lowest BCUT2D eigenvalue weighted by molar-refractivity contribution is -0.141. The second-order valence-electron chi connectivity index (χ2n) is 3.84. The molecule has 0 spiro atoms. The number of urea groups is 1. The molecule has 96 valence electrons. The molecule has 0 unspecified atom stereocenters. The van der Waals surface area contributed by atoms with E-state index in [2.05, 4.69) is 5.32 Å². The monoisotopic (exact) mass is 245 g/mol. The van der Waals surface area contributed by atoms with Gasteiger partial charge in [0.15, 0.2) is 0 Å². The van der Waals surface area contributed by atoms with E-state index in [1.54, 1.807) is 0 Å². The first kappa shape index (κ1) is 13.2. The molecule has 0 aromatic heterocycles. The number of carboxylic acids is 1. The van der Waals surface area contributed by atoms with E-state index in [0.29, 0.717) is 0 Å². The molecule has 0 aromatic rings. The summed E-state index contributed by atoms with van der Waals surface area (Å²) in [5.41, 5.74) is 4.89. The van der Waals surface area contributed by atoms with Gasteiger partial charge in [-0.1, -0.05) is 0 Å². The number of β-amino-alcohol motifs (C(OH)–C–C–N with tert-alkyl or cyclic N) is 1. The van der Waals surface area contributed by atoms with Crippen molar-refractivity contribution in [2.45, 2.75) is 25.0 Å². The van der Waals surface area contributed by atoms with Crippen molar-refractivity contribution in [2.75, 3.05) is 13.1 Å². The van der Waals surface area contributed by atoms with Crippen LogP contribution >= 0.6 is 0 Å². The van der Waals surface area contributed by atoms with Gasteiger partial charge in [-0.3, -0.25) is 4.79 Å². The maximum Gasteiger partial charge on any atom is 0.326 e. The molecule has 3 amide bonds. The summed E-state index contributed by atoms with van der Waals surface area (Å²) in [6, 6.07) is -1.64. The zero-order chi connectivity index (χ0) is 13.0. The number of carbonyl (C=O) groups excluding carboxylic acids is 2. The van der Waals surface area contributed by atoms with Gasteiger partial charge in [-0.05, 0) is 0 Å². The Morgan fingerprint density at radius 2 is 2.06 bits per heavy atom. The fraction of sp³-hybridized carbons (Fsp3) is 0.667. The normalized spacial score (nSPS) is 23.5. The Bertz CT molecular complexity index is 333. The molecule has 1 fully saturated rings. The van der Waals surface area contributed by atoms with Crippen molar-refractivity contribution in [2.24, 2.45) is 5.73 Å². The van der Waals surface area contributed by atoms with E-state index in [1.165, 1.54) is 0 Å². The van der Waals surface area contributed by atoms with Gasteiger partial charge in [0.1, 0.15) is 6.04 Å². The van der Waals surface area contributed by atoms with Crippen LogP contribution in [-0.2, 0) is 9.59 Å². The minimum atomic E-state index is -1.16. The number of aliphatic hydroxyl groups excluding tert-OH is 1. The Balaban J connectivity index is 2.49. The predicted octanol–water partition coefficient (Wildman–Crippen LogP) is -1.91. The number of amides is 3. The SMILES string of the molecule is NC(=O)CCNC(=O)N1C[C@H](O)C[C@@H]1C(=O)O. The van der Waals surface area contributed by atoms with Crippen molar-refractivity contribution in [3.8, 4) is 0 Å². The van der Waals surface area contributed by atoms with Crippen LogP contribution < -0.4 is 11.1 Å². The number of aliphatic carboxylic acids is 1. The lowest BCUT2D eigenvalue weighted by Gasteiger charge is -2.21. The van der Waals surface area contributed by atoms with Crippen molar-refractivity contribution in [1.82, 2.24) is 10.2 Å². The minimum absolute atomic E-state index is 0.0125. The highest BCUT2D eigenvalue weighted by atomic mass is 16.4. The smallest absolute Gasteiger partial charge is 0.326 e. The van der Waals surface area contributed by atoms with E-state index in [9.17, 15) is 19.5 Å². The molecule has 1 aliphatic rings. The van der Waals surface area contributed by atoms with Crippen molar-refractivity contribution < 1.29 is 24.6 Å². The first-order chi connectivity index (χ1) is 7.91. The summed E-state index contributed by atoms with van der Waals surface area (Å²) in [6.45, 7) is 0.0203. The third-order valence-corrected chi connectivity index (χ3v) is 2.47. The van der Waals surface area contributed by atoms with E-state index in [0.717, 1.165) is 4.90 Å². The molecule has 0 radical (unpaired) electrons. The van der Waals surface area contributed by atoms with Gasteiger partial charge in [-0.25, -0.2) is 9.59 Å². The Kier molecular flexibility index (Phi) is 4.27. The number of carboxylic acid groups (broad SMARTS) is 1. The molecular formula is C9H15N3O5. The summed E-state index contributed by atoms with van der Waals surface area (Å²) in [6.07, 6.45) is -0.837. The second kappa shape index (κ2) is 5.48. The van der Waals surface area contributed by atoms with Gasteiger partial charge in [-0.15, -0.1) is 0 Å². The van der Waals surface area contributed by atoms with E-state index in [1.807, 2.05) is 0 Å². The van der Waals surface area contributed by atoms with E-state index < -0.39 is 30.1 Å². The first-order valence-corrected chi connectivity index (χ1v) is 5.15. The van der Waals surface area contributed by atoms with Crippen LogP contribution in [0.25, 0.3) is 0 Å². The van der Waals surface area contributed by atoms with E-state index in [4.69, 9.17) is 10.8 Å². The molecule has 1 aliphatic heterocycles. The maximum absolute atomic E-state index is 11.6. The summed E-state index contributed by atoms with van der Waals surface area (Å²) in [7, 11) is 0. The zero-order valence-electron chi connectivity index (χ0n) is 9.13. The molecule has 0 bridgehead atoms. The molecule has 8 heteroatoms. The number of aliphatic hydroxyl groups is 1. The second-order valence-corrected chi connectivity index (χ2v) is 3.84. The number of likely N-dealkylation sites (tertiary alicyclic amines) is 1. The number of carbonyl (C=O) groups is 3. The lowest BCUT2D eigenvalue weighted by atomic mass is 10.2. The quantitative estimate of drug-likeness (QED) is 0.458. The Hall–Kier alpha value is -1.83. The average molecular weight is 245 g/mol. The van der Waals surface area contributed by atoms with Crippen molar-refractivity contribution >= 4 is 17.9 Å². The summed E-state index contributed by atoms with van der Waals surface area (Å²) in [5, 5.41) is 20.6. The molecule has 2 atom stereocenters. The lowest BCUT2D eigenvalue weighted by Crippen LogP contribution is -2.46. The molecule has 8 nitrogen and oxygen atoms in total. The fourth-order valence-electron chi connectivity index (χ4n) is 1.67. The van der Waals surface area contributed by atoms with Crippen molar-refractivity contribution in [3.05, 3.63) is 0 Å². The molecule has 1 heterocycles. The van der Waals surface area contributed by atoms with Crippen LogP contribution in [0.4, 0.5) is 4.79 Å². The molecule has 0 aliphatic carbocycles. The van der Waals surface area contributed by atoms with Crippen LogP contribution in [0.15, 0.2) is 0 Å². The molecular weight excluding hydrogens is 230 g/mol. The topological polar surface area (TPSA) is 133 Å². The molecule has 17 heavy (non-hydrogen) atoms. The third-order valence-electron chi connectivity index (χ3n) is 2.47. The number of nitrogens with zero attached hydrogens (tertiary/aromatic N) is 1. The maximum atomic E-state index is 11.6. The van der Waals surface area contributed by atoms with Gasteiger partial charge in [0.25, 0.3) is 0 Å². The predicted molar refractivity (Wildman–Crippen MR) is 56.0 cm³/mol. The van der Waals surface area contributed by atoms with Crippen LogP contribution in [0.1, 0.15) is 12.8 Å². The Morgan fingerprint density at radius 3 is 2.59 bits per heavy atom. The van der Waals surface area contributed by atoms with Crippen LogP contribution in [0.5, 0.6) is 0 Å². The summed E-state index contributed by atoms with van der Waals surface area (Å²) in [4.78, 5) is 33.9. The summed E-state index contributed by atoms with van der Waals surface area (Å²) >= 11 is 0. The van der Waals surface area contributed by atoms with Gasteiger partial charge in [0.05, 0.1) is 6.10 Å². The van der Waals surface area contributed by atoms with Gasteiger partial charge < -0.3 is 26.2 Å². The largest absolute Gasteiger partial charge is 0.480 e. The van der Waals surface area contributed by atoms with Crippen LogP contribution in [0.3, 0.4) is 0 Å². The van der Waals surface area contributed by atoms with E-state index >= 15 is 0 Å². The number of hydrogen-bond donors (Lipinski definition) is 4. The summed E-state index contributed by atoms with van der Waals surface area (Å²) in [5.74, 6) is -1.71. The third kappa shape index (κ3) is 3.59. The molecule has 1 saturated heterocycles. The van der Waals surface area contributed by atoms with Gasteiger partial charge in [0.2, 0.25) is 5.91 Å². The zero-order valence-corrected chi connectivity index (χ0v) is 9.13. The number of primary amides is 1. The van der Waals surface area contributed by atoms with E-state index in [-0.39, 0.29) is 25.9 Å². The number of nitrogens with two attached hydrogens (primary N) is 1. The Labute approximate surface area is 97.4 Å². The molecule has 0 saturated carbocycles. The summed E-state index contributed by atoms with van der Waals surface area (Å²) < 4.78 is 0. The van der Waals surface area contributed by atoms with Crippen molar-refractivity contribution in [1.29, 1.82) is 0 Å². The molecule has 5 N–H and O–H groups in total. The number of hydrogen-bond acceptors (Lipinski definition) is 4. The standard InChI is InChI=1S/C9H15N3O5/c10-7(14)1-2-11-9(17)12-4-5(13)3-6(12)8(15)16/h5-6,13H,1-4H2,(H2,10,14)(H,11,17)(H,15,16)/t5-,6-/m1/s1. The van der Waals surface area contributed by atoms with Gasteiger partial charge in [-0.2, -0.15) is 0 Å². The van der Waals surface area contributed by atoms with Crippen LogP contribution in [0.2, 0.25) is 0 Å². The van der Waals surface area contributed by atoms with Crippen LogP contribution in [0, 0.1) is 0 Å². The number of rotatable bonds is 4. The highest BCUT2D eigenvalue weighted by molar-refractivity contribution is 5.83. The van der Waals surface area contributed by atoms with Gasteiger partial charge in [0, 0.05) is 25.9 Å². The Morgan fingerprint density at radius 1 is 1.41 bits per heavy atom.